The Labute approximate surface area is 192 Å². The van der Waals surface area contributed by atoms with Crippen molar-refractivity contribution in [1.82, 2.24) is 0 Å². The molecular weight excluding hydrogens is 414 g/mol. The lowest BCUT2D eigenvalue weighted by Crippen LogP contribution is -2.33. The SMILES string of the molecule is COc1cc2c(cc1O)C1(c3ccccc3Nc3cc(OC)c(OC)cc31)c1ccccc1-2. The number of nitrogens with one attached hydrogen (secondary N) is 1. The van der Waals surface area contributed by atoms with Crippen LogP contribution in [0.2, 0.25) is 0 Å². The number of anilines is 2. The molecule has 164 valence electrons. The van der Waals surface area contributed by atoms with Gasteiger partial charge in [0.2, 0.25) is 0 Å². The molecule has 1 heterocycles. The minimum atomic E-state index is -0.646. The van der Waals surface area contributed by atoms with Gasteiger partial charge in [0.05, 0.1) is 26.7 Å². The Kier molecular flexibility index (Phi) is 4.11. The molecule has 2 N–H and O–H groups in total. The Bertz CT molecular complexity index is 1430. The first-order chi connectivity index (χ1) is 16.1. The number of para-hydroxylation sites is 1. The van der Waals surface area contributed by atoms with E-state index >= 15 is 0 Å². The van der Waals surface area contributed by atoms with Gasteiger partial charge in [0, 0.05) is 17.4 Å². The Morgan fingerprint density at radius 2 is 1.27 bits per heavy atom. The Hall–Kier alpha value is -4.12. The van der Waals surface area contributed by atoms with E-state index in [1.165, 1.54) is 0 Å². The van der Waals surface area contributed by atoms with Crippen molar-refractivity contribution in [3.8, 4) is 34.1 Å². The van der Waals surface area contributed by atoms with E-state index in [1.807, 2.05) is 36.4 Å². The first-order valence-corrected chi connectivity index (χ1v) is 10.8. The minimum Gasteiger partial charge on any atom is -0.504 e. The highest BCUT2D eigenvalue weighted by molar-refractivity contribution is 5.94. The molecule has 0 fully saturated rings. The summed E-state index contributed by atoms with van der Waals surface area (Å²) >= 11 is 0. The second-order valence-corrected chi connectivity index (χ2v) is 8.29. The van der Waals surface area contributed by atoms with E-state index < -0.39 is 5.41 Å². The van der Waals surface area contributed by atoms with Crippen LogP contribution in [-0.4, -0.2) is 26.4 Å². The Morgan fingerprint density at radius 1 is 0.606 bits per heavy atom. The highest BCUT2D eigenvalue weighted by Crippen LogP contribution is 2.63. The van der Waals surface area contributed by atoms with Crippen LogP contribution in [0.5, 0.6) is 23.0 Å². The lowest BCUT2D eigenvalue weighted by atomic mass is 9.65. The van der Waals surface area contributed by atoms with Crippen molar-refractivity contribution < 1.29 is 19.3 Å². The maximum atomic E-state index is 10.9. The van der Waals surface area contributed by atoms with Gasteiger partial charge in [0.25, 0.3) is 0 Å². The molecule has 0 radical (unpaired) electrons. The van der Waals surface area contributed by atoms with Gasteiger partial charge in [-0.15, -0.1) is 0 Å². The van der Waals surface area contributed by atoms with Crippen molar-refractivity contribution in [2.45, 2.75) is 5.41 Å². The zero-order valence-electron chi connectivity index (χ0n) is 18.6. The van der Waals surface area contributed by atoms with Crippen LogP contribution in [0, 0.1) is 0 Å². The lowest BCUT2D eigenvalue weighted by molar-refractivity contribution is 0.354. The van der Waals surface area contributed by atoms with Gasteiger partial charge in [0.1, 0.15) is 0 Å². The number of phenols is 1. The van der Waals surface area contributed by atoms with Crippen LogP contribution in [0.15, 0.2) is 72.8 Å². The van der Waals surface area contributed by atoms with Gasteiger partial charge in [-0.1, -0.05) is 42.5 Å². The van der Waals surface area contributed by atoms with E-state index in [0.29, 0.717) is 17.2 Å². The molecule has 6 rings (SSSR count). The maximum absolute atomic E-state index is 10.9. The smallest absolute Gasteiger partial charge is 0.162 e. The summed E-state index contributed by atoms with van der Waals surface area (Å²) in [5.74, 6) is 1.87. The van der Waals surface area contributed by atoms with Crippen LogP contribution in [0.25, 0.3) is 11.1 Å². The third kappa shape index (κ3) is 2.42. The summed E-state index contributed by atoms with van der Waals surface area (Å²) in [5, 5.41) is 14.5. The van der Waals surface area contributed by atoms with Gasteiger partial charge in [0.15, 0.2) is 23.0 Å². The predicted molar refractivity (Wildman–Crippen MR) is 128 cm³/mol. The van der Waals surface area contributed by atoms with E-state index in [2.05, 4.69) is 41.7 Å². The molecule has 0 amide bonds. The minimum absolute atomic E-state index is 0.112. The molecule has 1 atom stereocenters. The zero-order chi connectivity index (χ0) is 22.7. The number of benzene rings is 4. The highest BCUT2D eigenvalue weighted by atomic mass is 16.5. The number of rotatable bonds is 3. The molecule has 0 saturated carbocycles. The molecule has 5 nitrogen and oxygen atoms in total. The van der Waals surface area contributed by atoms with Crippen LogP contribution in [0.4, 0.5) is 11.4 Å². The largest absolute Gasteiger partial charge is 0.504 e. The van der Waals surface area contributed by atoms with Crippen LogP contribution in [0.1, 0.15) is 22.3 Å². The van der Waals surface area contributed by atoms with Crippen molar-refractivity contribution in [3.63, 3.8) is 0 Å². The first kappa shape index (κ1) is 19.6. The number of hydrogen-bond acceptors (Lipinski definition) is 5. The molecule has 0 bridgehead atoms. The molecule has 33 heavy (non-hydrogen) atoms. The quantitative estimate of drug-likeness (QED) is 0.364. The van der Waals surface area contributed by atoms with E-state index in [4.69, 9.17) is 14.2 Å². The van der Waals surface area contributed by atoms with Crippen LogP contribution in [-0.2, 0) is 5.41 Å². The molecule has 1 aliphatic heterocycles. The molecule has 4 aromatic rings. The zero-order valence-corrected chi connectivity index (χ0v) is 18.6. The van der Waals surface area contributed by atoms with Crippen molar-refractivity contribution in [3.05, 3.63) is 95.1 Å². The molecule has 0 aromatic heterocycles. The fourth-order valence-corrected chi connectivity index (χ4v) is 5.54. The lowest BCUT2D eigenvalue weighted by Gasteiger charge is -2.40. The van der Waals surface area contributed by atoms with E-state index in [1.54, 1.807) is 21.3 Å². The van der Waals surface area contributed by atoms with Gasteiger partial charge in [-0.05, 0) is 57.6 Å². The summed E-state index contributed by atoms with van der Waals surface area (Å²) in [6.07, 6.45) is 0. The molecule has 0 saturated heterocycles. The number of ether oxygens (including phenoxy) is 3. The van der Waals surface area contributed by atoms with Crippen molar-refractivity contribution in [2.24, 2.45) is 0 Å². The molecule has 4 aromatic carbocycles. The third-order valence-electron chi connectivity index (χ3n) is 6.87. The number of hydrogen-bond donors (Lipinski definition) is 2. The molecule has 5 heteroatoms. The van der Waals surface area contributed by atoms with E-state index in [9.17, 15) is 5.11 Å². The normalized spacial score (nSPS) is 16.8. The summed E-state index contributed by atoms with van der Waals surface area (Å²) in [6, 6.07) is 24.5. The van der Waals surface area contributed by atoms with Crippen LogP contribution in [0.3, 0.4) is 0 Å². The number of aromatic hydroxyl groups is 1. The second-order valence-electron chi connectivity index (χ2n) is 8.29. The number of phenolic OH excluding ortho intramolecular Hbond substituents is 1. The van der Waals surface area contributed by atoms with Crippen LogP contribution >= 0.6 is 0 Å². The summed E-state index contributed by atoms with van der Waals surface area (Å²) in [7, 11) is 4.86. The maximum Gasteiger partial charge on any atom is 0.162 e. The average Bonchev–Trinajstić information content (AvgIpc) is 3.13. The molecule has 1 aliphatic carbocycles. The molecule has 1 unspecified atom stereocenters. The van der Waals surface area contributed by atoms with Crippen LogP contribution < -0.4 is 19.5 Å². The number of fused-ring (bicyclic) bond motifs is 9. The summed E-state index contributed by atoms with van der Waals surface area (Å²) in [4.78, 5) is 0. The number of methoxy groups -OCH3 is 3. The Morgan fingerprint density at radius 3 is 2.03 bits per heavy atom. The van der Waals surface area contributed by atoms with Gasteiger partial charge in [-0.2, -0.15) is 0 Å². The van der Waals surface area contributed by atoms with Crippen molar-refractivity contribution >= 4 is 11.4 Å². The predicted octanol–water partition coefficient (Wildman–Crippen LogP) is 5.84. The fourth-order valence-electron chi connectivity index (χ4n) is 5.54. The third-order valence-corrected chi connectivity index (χ3v) is 6.87. The molecular formula is C28H23NO4. The van der Waals surface area contributed by atoms with Gasteiger partial charge < -0.3 is 24.6 Å². The highest BCUT2D eigenvalue weighted by Gasteiger charge is 2.51. The topological polar surface area (TPSA) is 60.0 Å². The van der Waals surface area contributed by atoms with E-state index in [0.717, 1.165) is 44.8 Å². The summed E-state index contributed by atoms with van der Waals surface area (Å²) in [6.45, 7) is 0. The van der Waals surface area contributed by atoms with Gasteiger partial charge in [-0.3, -0.25) is 0 Å². The standard InChI is InChI=1S/C28H23NO4/c1-31-25-12-17-16-8-4-5-9-18(16)28(20(17)13-24(25)30)19-10-6-7-11-22(19)29-23-15-27(33-3)26(32-2)14-21(23)28/h4-15,29-30H,1-3H3. The fraction of sp³-hybridized carbons (Fsp3) is 0.143. The average molecular weight is 437 g/mol. The van der Waals surface area contributed by atoms with Gasteiger partial charge >= 0.3 is 0 Å². The van der Waals surface area contributed by atoms with E-state index in [-0.39, 0.29) is 5.75 Å². The summed E-state index contributed by atoms with van der Waals surface area (Å²) in [5.41, 5.74) is 7.75. The van der Waals surface area contributed by atoms with Gasteiger partial charge in [-0.25, -0.2) is 0 Å². The van der Waals surface area contributed by atoms with Crippen molar-refractivity contribution in [1.29, 1.82) is 0 Å². The summed E-state index contributed by atoms with van der Waals surface area (Å²) < 4.78 is 16.8. The monoisotopic (exact) mass is 437 g/mol. The second kappa shape index (κ2) is 6.94. The molecule has 2 aliphatic rings. The Balaban J connectivity index is 1.82. The molecule has 1 spiro atoms. The first-order valence-electron chi connectivity index (χ1n) is 10.8. The van der Waals surface area contributed by atoms with Crippen molar-refractivity contribution in [2.75, 3.05) is 26.6 Å².